The molecule has 2 rings (SSSR count). The number of carbonyl (C=O) groups excluding carboxylic acids is 1. The summed E-state index contributed by atoms with van der Waals surface area (Å²) in [5, 5.41) is 2.88. The number of nitrogens with one attached hydrogen (secondary N) is 1. The summed E-state index contributed by atoms with van der Waals surface area (Å²) in [4.78, 5) is 12.0. The van der Waals surface area contributed by atoms with Crippen LogP contribution in [0.2, 0.25) is 0 Å². The minimum atomic E-state index is -3.02. The first-order valence-electron chi connectivity index (χ1n) is 6.71. The van der Waals surface area contributed by atoms with Crippen molar-refractivity contribution < 1.29 is 13.2 Å². The minimum absolute atomic E-state index is 0.0301. The molecule has 3 N–H and O–H groups in total. The quantitative estimate of drug-likeness (QED) is 0.858. The lowest BCUT2D eigenvalue weighted by Gasteiger charge is -2.17. The van der Waals surface area contributed by atoms with Gasteiger partial charge in [0.2, 0.25) is 5.91 Å². The third-order valence-corrected chi connectivity index (χ3v) is 5.45. The summed E-state index contributed by atoms with van der Waals surface area (Å²) in [6.45, 7) is 2.37. The highest BCUT2D eigenvalue weighted by molar-refractivity contribution is 7.91. The lowest BCUT2D eigenvalue weighted by atomic mass is 10.0. The highest BCUT2D eigenvalue weighted by Gasteiger charge is 2.33. The van der Waals surface area contributed by atoms with Crippen molar-refractivity contribution in [2.75, 3.05) is 11.5 Å². The molecule has 2 unspecified atom stereocenters. The SMILES string of the molecule is CC(NC(=O)C1CCS(=O)(=O)C1)c1ccc(CN)cc1. The van der Waals surface area contributed by atoms with E-state index >= 15 is 0 Å². The molecular formula is C14H20N2O3S. The second-order valence-electron chi connectivity index (χ2n) is 5.28. The largest absolute Gasteiger partial charge is 0.349 e. The summed E-state index contributed by atoms with van der Waals surface area (Å²) in [6, 6.07) is 7.57. The highest BCUT2D eigenvalue weighted by atomic mass is 32.2. The zero-order chi connectivity index (χ0) is 14.8. The number of carbonyl (C=O) groups is 1. The van der Waals surface area contributed by atoms with Gasteiger partial charge in [0.25, 0.3) is 0 Å². The Bertz CT molecular complexity index is 581. The molecule has 1 aliphatic rings. The van der Waals surface area contributed by atoms with Gasteiger partial charge in [-0.1, -0.05) is 24.3 Å². The first-order valence-corrected chi connectivity index (χ1v) is 8.53. The summed E-state index contributed by atoms with van der Waals surface area (Å²) in [6.07, 6.45) is 0.424. The first-order chi connectivity index (χ1) is 9.41. The van der Waals surface area contributed by atoms with Crippen LogP contribution < -0.4 is 11.1 Å². The second kappa shape index (κ2) is 5.93. The predicted molar refractivity (Wildman–Crippen MR) is 77.7 cm³/mol. The molecule has 6 heteroatoms. The van der Waals surface area contributed by atoms with E-state index in [1.54, 1.807) is 0 Å². The third kappa shape index (κ3) is 3.58. The molecule has 1 aromatic carbocycles. The Kier molecular flexibility index (Phi) is 4.45. The van der Waals surface area contributed by atoms with Gasteiger partial charge in [0.05, 0.1) is 23.5 Å². The van der Waals surface area contributed by atoms with Crippen molar-refractivity contribution in [1.82, 2.24) is 5.32 Å². The summed E-state index contributed by atoms with van der Waals surface area (Å²) in [7, 11) is -3.02. The van der Waals surface area contributed by atoms with Crippen molar-refractivity contribution in [3.63, 3.8) is 0 Å². The van der Waals surface area contributed by atoms with Gasteiger partial charge in [-0.15, -0.1) is 0 Å². The van der Waals surface area contributed by atoms with Gasteiger partial charge in [0.1, 0.15) is 0 Å². The molecule has 1 heterocycles. The van der Waals surface area contributed by atoms with Crippen molar-refractivity contribution in [3.05, 3.63) is 35.4 Å². The van der Waals surface area contributed by atoms with E-state index in [0.717, 1.165) is 11.1 Å². The van der Waals surface area contributed by atoms with Crippen LogP contribution in [-0.2, 0) is 21.2 Å². The van der Waals surface area contributed by atoms with Gasteiger partial charge in [0, 0.05) is 6.54 Å². The molecule has 0 aromatic heterocycles. The molecule has 0 bridgehead atoms. The molecule has 110 valence electrons. The Morgan fingerprint density at radius 3 is 2.55 bits per heavy atom. The molecule has 5 nitrogen and oxygen atoms in total. The van der Waals surface area contributed by atoms with Crippen LogP contribution in [0.15, 0.2) is 24.3 Å². The van der Waals surface area contributed by atoms with Crippen LogP contribution in [0.5, 0.6) is 0 Å². The lowest BCUT2D eigenvalue weighted by Crippen LogP contribution is -2.33. The van der Waals surface area contributed by atoms with Crippen LogP contribution in [0.3, 0.4) is 0 Å². The number of sulfone groups is 1. The van der Waals surface area contributed by atoms with Crippen LogP contribution >= 0.6 is 0 Å². The van der Waals surface area contributed by atoms with E-state index in [1.165, 1.54) is 0 Å². The van der Waals surface area contributed by atoms with Gasteiger partial charge in [-0.3, -0.25) is 4.79 Å². The van der Waals surface area contributed by atoms with Gasteiger partial charge in [-0.05, 0) is 24.5 Å². The van der Waals surface area contributed by atoms with Crippen LogP contribution in [-0.4, -0.2) is 25.8 Å². The standard InChI is InChI=1S/C14H20N2O3S/c1-10(12-4-2-11(8-15)3-5-12)16-14(17)13-6-7-20(18,19)9-13/h2-5,10,13H,6-9,15H2,1H3,(H,16,17). The summed E-state index contributed by atoms with van der Waals surface area (Å²) >= 11 is 0. The Morgan fingerprint density at radius 2 is 2.05 bits per heavy atom. The molecule has 1 saturated heterocycles. The van der Waals surface area contributed by atoms with Crippen LogP contribution in [0, 0.1) is 5.92 Å². The van der Waals surface area contributed by atoms with E-state index < -0.39 is 15.8 Å². The molecule has 0 aliphatic carbocycles. The number of benzene rings is 1. The van der Waals surface area contributed by atoms with Gasteiger partial charge >= 0.3 is 0 Å². The molecule has 1 amide bonds. The van der Waals surface area contributed by atoms with E-state index in [4.69, 9.17) is 5.73 Å². The fraction of sp³-hybridized carbons (Fsp3) is 0.500. The van der Waals surface area contributed by atoms with E-state index in [1.807, 2.05) is 31.2 Å². The monoisotopic (exact) mass is 296 g/mol. The number of rotatable bonds is 4. The van der Waals surface area contributed by atoms with Crippen LogP contribution in [0.25, 0.3) is 0 Å². The molecule has 0 spiro atoms. The van der Waals surface area contributed by atoms with Gasteiger partial charge < -0.3 is 11.1 Å². The van der Waals surface area contributed by atoms with E-state index in [0.29, 0.717) is 13.0 Å². The normalized spacial score (nSPS) is 22.4. The summed E-state index contributed by atoms with van der Waals surface area (Å²) in [5.41, 5.74) is 7.56. The maximum Gasteiger partial charge on any atom is 0.224 e. The summed E-state index contributed by atoms with van der Waals surface area (Å²) in [5.74, 6) is -0.505. The highest BCUT2D eigenvalue weighted by Crippen LogP contribution is 2.20. The van der Waals surface area contributed by atoms with Crippen molar-refractivity contribution in [2.45, 2.75) is 25.9 Å². The smallest absolute Gasteiger partial charge is 0.224 e. The fourth-order valence-electron chi connectivity index (χ4n) is 2.36. The Labute approximate surface area is 119 Å². The van der Waals surface area contributed by atoms with Crippen molar-refractivity contribution in [1.29, 1.82) is 0 Å². The van der Waals surface area contributed by atoms with Gasteiger partial charge in [-0.2, -0.15) is 0 Å². The Morgan fingerprint density at radius 1 is 1.40 bits per heavy atom. The average molecular weight is 296 g/mol. The fourth-order valence-corrected chi connectivity index (χ4v) is 4.10. The first kappa shape index (κ1) is 15.0. The van der Waals surface area contributed by atoms with Gasteiger partial charge in [0.15, 0.2) is 9.84 Å². The summed E-state index contributed by atoms with van der Waals surface area (Å²) < 4.78 is 22.8. The van der Waals surface area contributed by atoms with Crippen molar-refractivity contribution >= 4 is 15.7 Å². The molecule has 1 fully saturated rings. The maximum absolute atomic E-state index is 12.0. The molecule has 1 aliphatic heterocycles. The Hall–Kier alpha value is -1.40. The lowest BCUT2D eigenvalue weighted by molar-refractivity contribution is -0.124. The molecule has 0 radical (unpaired) electrons. The van der Waals surface area contributed by atoms with Crippen molar-refractivity contribution in [2.24, 2.45) is 11.7 Å². The van der Waals surface area contributed by atoms with Crippen LogP contribution in [0.4, 0.5) is 0 Å². The number of hydrogen-bond donors (Lipinski definition) is 2. The number of amides is 1. The topological polar surface area (TPSA) is 89.3 Å². The van der Waals surface area contributed by atoms with E-state index in [-0.39, 0.29) is 23.5 Å². The van der Waals surface area contributed by atoms with E-state index in [9.17, 15) is 13.2 Å². The molecule has 2 atom stereocenters. The zero-order valence-corrected chi connectivity index (χ0v) is 12.3. The molecule has 1 aromatic rings. The molecular weight excluding hydrogens is 276 g/mol. The molecule has 20 heavy (non-hydrogen) atoms. The number of nitrogens with two attached hydrogens (primary N) is 1. The zero-order valence-electron chi connectivity index (χ0n) is 11.5. The van der Waals surface area contributed by atoms with Crippen molar-refractivity contribution in [3.8, 4) is 0 Å². The van der Waals surface area contributed by atoms with Crippen LogP contribution in [0.1, 0.15) is 30.5 Å². The second-order valence-corrected chi connectivity index (χ2v) is 7.50. The Balaban J connectivity index is 1.96. The molecule has 0 saturated carbocycles. The van der Waals surface area contributed by atoms with E-state index in [2.05, 4.69) is 5.32 Å². The minimum Gasteiger partial charge on any atom is -0.349 e. The van der Waals surface area contributed by atoms with Gasteiger partial charge in [-0.25, -0.2) is 8.42 Å². The maximum atomic E-state index is 12.0. The third-order valence-electron chi connectivity index (χ3n) is 3.68. The number of hydrogen-bond acceptors (Lipinski definition) is 4. The average Bonchev–Trinajstić information content (AvgIpc) is 2.79. The predicted octanol–water partition coefficient (Wildman–Crippen LogP) is 0.757.